The minimum atomic E-state index is 0.890. The highest BCUT2D eigenvalue weighted by molar-refractivity contribution is 6.16. The number of hydrogen-bond donors (Lipinski definition) is 0. The van der Waals surface area contributed by atoms with E-state index in [2.05, 4.69) is 181 Å². The molecule has 0 atom stereocenters. The molecule has 48 heavy (non-hydrogen) atoms. The van der Waals surface area contributed by atoms with Gasteiger partial charge in [-0.25, -0.2) is 0 Å². The van der Waals surface area contributed by atoms with E-state index in [0.717, 1.165) is 44.4 Å². The smallest absolute Gasteiger partial charge is 0.143 e. The summed E-state index contributed by atoms with van der Waals surface area (Å²) >= 11 is 0. The fourth-order valence-corrected chi connectivity index (χ4v) is 7.49. The summed E-state index contributed by atoms with van der Waals surface area (Å²) in [6.45, 7) is 0. The van der Waals surface area contributed by atoms with Crippen molar-refractivity contribution >= 4 is 82.1 Å². The third kappa shape index (κ3) is 4.20. The molecule has 10 rings (SSSR count). The van der Waals surface area contributed by atoms with Gasteiger partial charge in [-0.3, -0.25) is 0 Å². The van der Waals surface area contributed by atoms with E-state index in [0.29, 0.717) is 0 Å². The predicted octanol–water partition coefficient (Wildman–Crippen LogP) is 13.3. The molecule has 1 heterocycles. The van der Waals surface area contributed by atoms with Crippen molar-refractivity contribution in [3.05, 3.63) is 176 Å². The Kier molecular flexibility index (Phi) is 5.91. The third-order valence-corrected chi connectivity index (χ3v) is 9.82. The molecule has 9 aromatic carbocycles. The standard InChI is InChI=1S/C46H29NO/c1-4-12-38-30(8-1)11-7-15-40(38)33-18-21-35(22-19-33)47(36-23-26-41-34(28-36)17-16-31-9-2-5-13-39(31)41)37-24-27-45-44(29-37)43-25-20-32-10-3-6-14-42(32)46(43)48-45/h1-29H. The van der Waals surface area contributed by atoms with Crippen LogP contribution in [0, 0.1) is 0 Å². The molecule has 0 aliphatic heterocycles. The van der Waals surface area contributed by atoms with Crippen molar-refractivity contribution in [2.45, 2.75) is 0 Å². The van der Waals surface area contributed by atoms with Crippen LogP contribution in [-0.2, 0) is 0 Å². The Labute approximate surface area is 277 Å². The predicted molar refractivity (Wildman–Crippen MR) is 204 cm³/mol. The molecule has 0 unspecified atom stereocenters. The van der Waals surface area contributed by atoms with Crippen LogP contribution in [0.15, 0.2) is 180 Å². The van der Waals surface area contributed by atoms with Gasteiger partial charge in [-0.2, -0.15) is 0 Å². The average molecular weight is 612 g/mol. The molecular weight excluding hydrogens is 583 g/mol. The first-order chi connectivity index (χ1) is 23.8. The molecule has 0 saturated carbocycles. The quantitative estimate of drug-likeness (QED) is 0.184. The van der Waals surface area contributed by atoms with Gasteiger partial charge in [0, 0.05) is 33.2 Å². The maximum Gasteiger partial charge on any atom is 0.143 e. The van der Waals surface area contributed by atoms with E-state index >= 15 is 0 Å². The largest absolute Gasteiger partial charge is 0.455 e. The Hall–Kier alpha value is -6.38. The number of anilines is 3. The minimum Gasteiger partial charge on any atom is -0.455 e. The van der Waals surface area contributed by atoms with Crippen LogP contribution in [0.5, 0.6) is 0 Å². The molecular formula is C46H29NO. The Morgan fingerprint density at radius 2 is 0.896 bits per heavy atom. The van der Waals surface area contributed by atoms with Crippen molar-refractivity contribution in [3.8, 4) is 11.1 Å². The molecule has 0 fully saturated rings. The molecule has 2 nitrogen and oxygen atoms in total. The molecule has 0 spiro atoms. The summed E-state index contributed by atoms with van der Waals surface area (Å²) < 4.78 is 6.49. The van der Waals surface area contributed by atoms with Gasteiger partial charge in [0.2, 0.25) is 0 Å². The average Bonchev–Trinajstić information content (AvgIpc) is 3.53. The van der Waals surface area contributed by atoms with Crippen molar-refractivity contribution < 1.29 is 4.42 Å². The molecule has 0 aliphatic carbocycles. The van der Waals surface area contributed by atoms with Gasteiger partial charge < -0.3 is 9.32 Å². The van der Waals surface area contributed by atoms with Gasteiger partial charge in [0.1, 0.15) is 11.2 Å². The van der Waals surface area contributed by atoms with Gasteiger partial charge in [0.15, 0.2) is 0 Å². The highest BCUT2D eigenvalue weighted by Crippen LogP contribution is 2.42. The van der Waals surface area contributed by atoms with Crippen molar-refractivity contribution in [1.29, 1.82) is 0 Å². The van der Waals surface area contributed by atoms with Gasteiger partial charge in [-0.15, -0.1) is 0 Å². The van der Waals surface area contributed by atoms with E-state index in [-0.39, 0.29) is 0 Å². The highest BCUT2D eigenvalue weighted by atomic mass is 16.3. The lowest BCUT2D eigenvalue weighted by molar-refractivity contribution is 0.672. The second-order valence-electron chi connectivity index (χ2n) is 12.5. The van der Waals surface area contributed by atoms with E-state index in [1.165, 1.54) is 48.8 Å². The van der Waals surface area contributed by atoms with Crippen LogP contribution in [-0.4, -0.2) is 0 Å². The van der Waals surface area contributed by atoms with Crippen LogP contribution in [0.2, 0.25) is 0 Å². The summed E-state index contributed by atoms with van der Waals surface area (Å²) in [5.74, 6) is 0. The number of rotatable bonds is 4. The summed E-state index contributed by atoms with van der Waals surface area (Å²) in [6, 6.07) is 63.4. The second kappa shape index (κ2) is 10.6. The van der Waals surface area contributed by atoms with Crippen LogP contribution >= 0.6 is 0 Å². The van der Waals surface area contributed by atoms with Crippen LogP contribution in [0.3, 0.4) is 0 Å². The summed E-state index contributed by atoms with van der Waals surface area (Å²) in [5, 5.41) is 12.1. The van der Waals surface area contributed by atoms with Crippen LogP contribution < -0.4 is 4.90 Å². The molecule has 10 aromatic rings. The van der Waals surface area contributed by atoms with Crippen molar-refractivity contribution in [2.75, 3.05) is 4.90 Å². The first-order valence-electron chi connectivity index (χ1n) is 16.4. The van der Waals surface area contributed by atoms with Crippen molar-refractivity contribution in [1.82, 2.24) is 0 Å². The van der Waals surface area contributed by atoms with E-state index in [1.54, 1.807) is 0 Å². The second-order valence-corrected chi connectivity index (χ2v) is 12.5. The summed E-state index contributed by atoms with van der Waals surface area (Å²) in [5.41, 5.74) is 7.54. The van der Waals surface area contributed by atoms with E-state index in [9.17, 15) is 0 Å². The van der Waals surface area contributed by atoms with Crippen LogP contribution in [0.25, 0.3) is 76.2 Å². The zero-order valence-corrected chi connectivity index (χ0v) is 26.1. The molecule has 224 valence electrons. The molecule has 1 aromatic heterocycles. The number of furan rings is 1. The molecule has 0 aliphatic rings. The molecule has 0 saturated heterocycles. The normalized spacial score (nSPS) is 11.8. The van der Waals surface area contributed by atoms with E-state index < -0.39 is 0 Å². The molecule has 0 amide bonds. The van der Waals surface area contributed by atoms with Crippen molar-refractivity contribution in [2.24, 2.45) is 0 Å². The maximum absolute atomic E-state index is 6.49. The molecule has 0 bridgehead atoms. The first-order valence-corrected chi connectivity index (χ1v) is 16.4. The van der Waals surface area contributed by atoms with Gasteiger partial charge >= 0.3 is 0 Å². The lowest BCUT2D eigenvalue weighted by Gasteiger charge is -2.26. The van der Waals surface area contributed by atoms with E-state index in [1.807, 2.05) is 0 Å². The summed E-state index contributed by atoms with van der Waals surface area (Å²) in [7, 11) is 0. The Morgan fingerprint density at radius 1 is 0.333 bits per heavy atom. The van der Waals surface area contributed by atoms with Crippen molar-refractivity contribution in [3.63, 3.8) is 0 Å². The van der Waals surface area contributed by atoms with Gasteiger partial charge in [-0.05, 0) is 97.4 Å². The fraction of sp³-hybridized carbons (Fsp3) is 0. The Balaban J connectivity index is 1.16. The van der Waals surface area contributed by atoms with E-state index in [4.69, 9.17) is 4.42 Å². The topological polar surface area (TPSA) is 16.4 Å². The van der Waals surface area contributed by atoms with Crippen LogP contribution in [0.1, 0.15) is 0 Å². The third-order valence-electron chi connectivity index (χ3n) is 9.82. The highest BCUT2D eigenvalue weighted by Gasteiger charge is 2.18. The van der Waals surface area contributed by atoms with Gasteiger partial charge in [-0.1, -0.05) is 127 Å². The number of hydrogen-bond acceptors (Lipinski definition) is 2. The zero-order chi connectivity index (χ0) is 31.6. The van der Waals surface area contributed by atoms with Gasteiger partial charge in [0.05, 0.1) is 0 Å². The first kappa shape index (κ1) is 26.8. The number of nitrogens with zero attached hydrogens (tertiary/aromatic N) is 1. The lowest BCUT2D eigenvalue weighted by Crippen LogP contribution is -2.09. The SMILES string of the molecule is c1ccc2c(-c3ccc(N(c4ccc5c(ccc6ccccc65)c4)c4ccc5oc6c7ccccc7ccc6c5c4)cc3)cccc2c1. The van der Waals surface area contributed by atoms with Crippen LogP contribution in [0.4, 0.5) is 17.1 Å². The summed E-state index contributed by atoms with van der Waals surface area (Å²) in [6.07, 6.45) is 0. The Morgan fingerprint density at radius 3 is 1.73 bits per heavy atom. The maximum atomic E-state index is 6.49. The number of benzene rings is 9. The Bertz CT molecular complexity index is 2840. The fourth-order valence-electron chi connectivity index (χ4n) is 7.49. The summed E-state index contributed by atoms with van der Waals surface area (Å²) in [4.78, 5) is 2.36. The lowest BCUT2D eigenvalue weighted by atomic mass is 9.98. The monoisotopic (exact) mass is 611 g/mol. The minimum absolute atomic E-state index is 0.890. The molecule has 2 heteroatoms. The molecule has 0 N–H and O–H groups in total. The number of fused-ring (bicyclic) bond motifs is 9. The van der Waals surface area contributed by atoms with Gasteiger partial charge in [0.25, 0.3) is 0 Å². The zero-order valence-electron chi connectivity index (χ0n) is 26.1. The molecule has 0 radical (unpaired) electrons.